The summed E-state index contributed by atoms with van der Waals surface area (Å²) in [4.78, 5) is 27.3. The molecule has 2 aliphatic heterocycles. The van der Waals surface area contributed by atoms with Crippen molar-refractivity contribution in [1.82, 2.24) is 14.5 Å². The SMILES string of the molecule is O=C(NC1CCCCC1)C1CCN(S(=O)(=O)c2cc(C(=O)N3CCCCCC3)cs2)CC1. The first-order valence-corrected chi connectivity index (χ1v) is 14.5. The topological polar surface area (TPSA) is 86.8 Å². The third kappa shape index (κ3) is 5.54. The number of thiophene rings is 1. The van der Waals surface area contributed by atoms with E-state index in [0.717, 1.165) is 63.0 Å². The van der Waals surface area contributed by atoms with Crippen molar-refractivity contribution in [3.05, 3.63) is 17.0 Å². The lowest BCUT2D eigenvalue weighted by Gasteiger charge is -2.31. The van der Waals surface area contributed by atoms with Gasteiger partial charge in [0.05, 0.1) is 5.56 Å². The fourth-order valence-electron chi connectivity index (χ4n) is 5.07. The summed E-state index contributed by atoms with van der Waals surface area (Å²) in [6.45, 7) is 2.18. The molecule has 3 fully saturated rings. The van der Waals surface area contributed by atoms with Crippen LogP contribution in [0.2, 0.25) is 0 Å². The number of nitrogens with zero attached hydrogens (tertiary/aromatic N) is 2. The van der Waals surface area contributed by atoms with Crippen LogP contribution in [0.1, 0.15) is 81.0 Å². The van der Waals surface area contributed by atoms with Gasteiger partial charge in [-0.25, -0.2) is 8.42 Å². The lowest BCUT2D eigenvalue weighted by molar-refractivity contribution is -0.127. The van der Waals surface area contributed by atoms with E-state index in [0.29, 0.717) is 31.5 Å². The predicted molar refractivity (Wildman–Crippen MR) is 125 cm³/mol. The molecule has 3 aliphatic rings. The molecule has 9 heteroatoms. The Balaban J connectivity index is 1.33. The molecule has 0 atom stereocenters. The third-order valence-corrected chi connectivity index (χ3v) is 10.4. The van der Waals surface area contributed by atoms with Crippen LogP contribution in [-0.4, -0.2) is 61.7 Å². The highest BCUT2D eigenvalue weighted by molar-refractivity contribution is 7.91. The zero-order valence-electron chi connectivity index (χ0n) is 18.8. The minimum atomic E-state index is -3.64. The molecule has 32 heavy (non-hydrogen) atoms. The summed E-state index contributed by atoms with van der Waals surface area (Å²) in [5.74, 6) is -0.106. The number of carbonyl (C=O) groups is 2. The second-order valence-corrected chi connectivity index (χ2v) is 12.5. The van der Waals surface area contributed by atoms with E-state index in [2.05, 4.69) is 5.32 Å². The van der Waals surface area contributed by atoms with Crippen molar-refractivity contribution in [2.75, 3.05) is 26.2 Å². The second kappa shape index (κ2) is 10.7. The van der Waals surface area contributed by atoms with Gasteiger partial charge in [-0.3, -0.25) is 9.59 Å². The van der Waals surface area contributed by atoms with E-state index in [1.54, 1.807) is 5.38 Å². The van der Waals surface area contributed by atoms with Gasteiger partial charge < -0.3 is 10.2 Å². The number of amides is 2. The number of likely N-dealkylation sites (tertiary alicyclic amines) is 1. The van der Waals surface area contributed by atoms with Gasteiger partial charge in [0.15, 0.2) is 0 Å². The number of sulfonamides is 1. The molecule has 1 aromatic heterocycles. The van der Waals surface area contributed by atoms with Crippen molar-refractivity contribution in [2.24, 2.45) is 5.92 Å². The number of hydrogen-bond acceptors (Lipinski definition) is 5. The highest BCUT2D eigenvalue weighted by atomic mass is 32.2. The van der Waals surface area contributed by atoms with Crippen molar-refractivity contribution in [1.29, 1.82) is 0 Å². The smallest absolute Gasteiger partial charge is 0.254 e. The minimum absolute atomic E-state index is 0.0670. The predicted octanol–water partition coefficient (Wildman–Crippen LogP) is 3.61. The van der Waals surface area contributed by atoms with E-state index < -0.39 is 10.0 Å². The molecule has 0 radical (unpaired) electrons. The molecule has 3 heterocycles. The van der Waals surface area contributed by atoms with Gasteiger partial charge in [-0.05, 0) is 44.6 Å². The van der Waals surface area contributed by atoms with Crippen LogP contribution >= 0.6 is 11.3 Å². The Morgan fingerprint density at radius 3 is 2.16 bits per heavy atom. The minimum Gasteiger partial charge on any atom is -0.353 e. The van der Waals surface area contributed by atoms with Gasteiger partial charge in [0.25, 0.3) is 15.9 Å². The molecule has 0 aromatic carbocycles. The number of piperidine rings is 1. The summed E-state index contributed by atoms with van der Waals surface area (Å²) >= 11 is 1.12. The highest BCUT2D eigenvalue weighted by Crippen LogP contribution is 2.29. The molecular formula is C23H35N3O4S2. The van der Waals surface area contributed by atoms with E-state index in [-0.39, 0.29) is 28.0 Å². The van der Waals surface area contributed by atoms with Crippen LogP contribution < -0.4 is 5.32 Å². The van der Waals surface area contributed by atoms with Crippen molar-refractivity contribution < 1.29 is 18.0 Å². The molecule has 1 saturated carbocycles. The van der Waals surface area contributed by atoms with Crippen molar-refractivity contribution in [3.8, 4) is 0 Å². The Morgan fingerprint density at radius 1 is 0.875 bits per heavy atom. The Bertz CT molecular complexity index is 892. The van der Waals surface area contributed by atoms with Gasteiger partial charge in [0.2, 0.25) is 5.91 Å². The van der Waals surface area contributed by atoms with Crippen LogP contribution in [0.5, 0.6) is 0 Å². The Labute approximate surface area is 195 Å². The first-order chi connectivity index (χ1) is 15.4. The molecule has 0 unspecified atom stereocenters. The highest BCUT2D eigenvalue weighted by Gasteiger charge is 2.34. The summed E-state index contributed by atoms with van der Waals surface area (Å²) in [6.07, 6.45) is 11.1. The molecule has 178 valence electrons. The fourth-order valence-corrected chi connectivity index (χ4v) is 7.85. The molecule has 0 spiro atoms. The number of hydrogen-bond donors (Lipinski definition) is 1. The molecule has 7 nitrogen and oxygen atoms in total. The maximum absolute atomic E-state index is 13.2. The maximum atomic E-state index is 13.2. The summed E-state index contributed by atoms with van der Waals surface area (Å²) in [5, 5.41) is 4.85. The Hall–Kier alpha value is -1.45. The van der Waals surface area contributed by atoms with Crippen LogP contribution in [0, 0.1) is 5.92 Å². The standard InChI is InChI=1S/C23H35N3O4S2/c27-22(24-20-8-4-3-5-9-20)18-10-14-26(15-11-18)32(29,30)21-16-19(17-31-21)23(28)25-12-6-1-2-7-13-25/h16-18,20H,1-15H2,(H,24,27). The number of nitrogens with one attached hydrogen (secondary N) is 1. The van der Waals surface area contributed by atoms with Gasteiger partial charge in [0.1, 0.15) is 4.21 Å². The largest absolute Gasteiger partial charge is 0.353 e. The molecule has 1 N–H and O–H groups in total. The van der Waals surface area contributed by atoms with E-state index in [1.807, 2.05) is 4.90 Å². The summed E-state index contributed by atoms with van der Waals surface area (Å²) < 4.78 is 28.0. The zero-order chi connectivity index (χ0) is 22.6. The lowest BCUT2D eigenvalue weighted by Crippen LogP contribution is -2.45. The summed E-state index contributed by atoms with van der Waals surface area (Å²) in [6, 6.07) is 1.82. The lowest BCUT2D eigenvalue weighted by atomic mass is 9.93. The first-order valence-electron chi connectivity index (χ1n) is 12.1. The van der Waals surface area contributed by atoms with Crippen LogP contribution in [0.15, 0.2) is 15.7 Å². The van der Waals surface area contributed by atoms with Crippen molar-refractivity contribution in [3.63, 3.8) is 0 Å². The quantitative estimate of drug-likeness (QED) is 0.696. The number of rotatable bonds is 5. The molecular weight excluding hydrogens is 446 g/mol. The molecule has 1 aromatic rings. The zero-order valence-corrected chi connectivity index (χ0v) is 20.4. The van der Waals surface area contributed by atoms with Gasteiger partial charge in [0, 0.05) is 43.5 Å². The molecule has 0 bridgehead atoms. The van der Waals surface area contributed by atoms with Gasteiger partial charge >= 0.3 is 0 Å². The second-order valence-electron chi connectivity index (χ2n) is 9.38. The molecule has 4 rings (SSSR count). The van der Waals surface area contributed by atoms with Crippen LogP contribution in [0.3, 0.4) is 0 Å². The van der Waals surface area contributed by atoms with Crippen LogP contribution in [0.25, 0.3) is 0 Å². The summed E-state index contributed by atoms with van der Waals surface area (Å²) in [5.41, 5.74) is 0.470. The van der Waals surface area contributed by atoms with E-state index >= 15 is 0 Å². The van der Waals surface area contributed by atoms with E-state index in [9.17, 15) is 18.0 Å². The van der Waals surface area contributed by atoms with Crippen molar-refractivity contribution in [2.45, 2.75) is 80.9 Å². The molecule has 1 aliphatic carbocycles. The Kier molecular flexibility index (Phi) is 7.89. The van der Waals surface area contributed by atoms with Gasteiger partial charge in [-0.15, -0.1) is 11.3 Å². The van der Waals surface area contributed by atoms with Gasteiger partial charge in [-0.1, -0.05) is 32.1 Å². The van der Waals surface area contributed by atoms with Gasteiger partial charge in [-0.2, -0.15) is 4.31 Å². The molecule has 2 saturated heterocycles. The average molecular weight is 482 g/mol. The molecule has 2 amide bonds. The monoisotopic (exact) mass is 481 g/mol. The number of carbonyl (C=O) groups excluding carboxylic acids is 2. The normalized spacial score (nSPS) is 22.4. The third-order valence-electron chi connectivity index (χ3n) is 7.09. The van der Waals surface area contributed by atoms with E-state index in [1.165, 1.54) is 29.6 Å². The Morgan fingerprint density at radius 2 is 1.50 bits per heavy atom. The maximum Gasteiger partial charge on any atom is 0.254 e. The fraction of sp³-hybridized carbons (Fsp3) is 0.739. The van der Waals surface area contributed by atoms with Crippen LogP contribution in [0.4, 0.5) is 0 Å². The van der Waals surface area contributed by atoms with Crippen LogP contribution in [-0.2, 0) is 14.8 Å². The first kappa shape index (κ1) is 23.7. The van der Waals surface area contributed by atoms with Crippen molar-refractivity contribution >= 4 is 33.2 Å². The summed E-state index contributed by atoms with van der Waals surface area (Å²) in [7, 11) is -3.64. The van der Waals surface area contributed by atoms with E-state index in [4.69, 9.17) is 0 Å². The average Bonchev–Trinajstić information content (AvgIpc) is 3.16.